The third kappa shape index (κ3) is 17.9. The molecule has 9 aromatic carbocycles. The van der Waals surface area contributed by atoms with Gasteiger partial charge in [0, 0.05) is 42.7 Å². The molecule has 412 valence electrons. The molecular formula is C66H69EuO12. The Labute approximate surface area is 505 Å². The Balaban J connectivity index is 0.00000105. The number of hydrogen-bond donors (Lipinski definition) is 6. The summed E-state index contributed by atoms with van der Waals surface area (Å²) in [7, 11) is 6.00. The van der Waals surface area contributed by atoms with E-state index in [2.05, 4.69) is 0 Å². The van der Waals surface area contributed by atoms with Crippen LogP contribution in [0.1, 0.15) is 50.1 Å². The number of aliphatic carboxylic acids is 3. The number of carbonyl (C=O) groups is 3. The van der Waals surface area contributed by atoms with Crippen LogP contribution in [0.25, 0.3) is 0 Å². The first-order valence-electron chi connectivity index (χ1n) is 24.1. The third-order valence-electron chi connectivity index (χ3n) is 11.8. The fraction of sp³-hybridized carbons (Fsp3) is 0.136. The molecule has 0 aromatic heterocycles. The molecule has 12 nitrogen and oxygen atoms in total. The van der Waals surface area contributed by atoms with Crippen molar-refractivity contribution in [3.05, 3.63) is 323 Å². The van der Waals surface area contributed by atoms with Crippen molar-refractivity contribution in [1.29, 1.82) is 0 Å². The van der Waals surface area contributed by atoms with E-state index >= 15 is 0 Å². The van der Waals surface area contributed by atoms with E-state index in [0.717, 1.165) is 42.7 Å². The molecule has 0 bridgehead atoms. The predicted octanol–water partition coefficient (Wildman–Crippen LogP) is 5.96. The average molecular weight is 1210 g/mol. The number of aliphatic hydroxyl groups excluding tert-OH is 6. The first kappa shape index (κ1) is 71.7. The molecule has 0 amide bonds. The number of carboxylic acids is 3. The summed E-state index contributed by atoms with van der Waals surface area (Å²) in [6.07, 6.45) is 0. The summed E-state index contributed by atoms with van der Waals surface area (Å²) in [4.78, 5) is 36.9. The Morgan fingerprint density at radius 2 is 0.291 bits per heavy atom. The summed E-state index contributed by atoms with van der Waals surface area (Å²) in [6, 6.07) is 83.0. The molecule has 0 saturated carbocycles. The van der Waals surface area contributed by atoms with E-state index in [1.807, 2.05) is 273 Å². The third-order valence-corrected chi connectivity index (χ3v) is 11.8. The molecule has 0 aliphatic heterocycles. The minimum atomic E-state index is -1.32. The Hall–Kier alpha value is -7.27. The fourth-order valence-electron chi connectivity index (χ4n) is 8.75. The largest absolute Gasteiger partial charge is 3.00 e. The van der Waals surface area contributed by atoms with Gasteiger partial charge in [0.2, 0.25) is 0 Å². The molecule has 9 rings (SSSR count). The van der Waals surface area contributed by atoms with Gasteiger partial charge in [-0.15, -0.1) is 0 Å². The van der Waals surface area contributed by atoms with Crippen LogP contribution in [-0.4, -0.2) is 91.2 Å². The van der Waals surface area contributed by atoms with Gasteiger partial charge in [-0.2, -0.15) is 0 Å². The second-order valence-corrected chi connectivity index (χ2v) is 15.4. The van der Waals surface area contributed by atoms with Crippen LogP contribution in [0.2, 0.25) is 0 Å². The summed E-state index contributed by atoms with van der Waals surface area (Å²) < 4.78 is 0. The van der Waals surface area contributed by atoms with Gasteiger partial charge < -0.3 is 60.3 Å². The quantitative estimate of drug-likeness (QED) is 0.0777. The van der Waals surface area contributed by atoms with Crippen molar-refractivity contribution in [1.82, 2.24) is 0 Å². The smallest absolute Gasteiger partial charge is 0.548 e. The van der Waals surface area contributed by atoms with E-state index < -0.39 is 34.2 Å². The standard InChI is InChI=1S/3C20H16O2.6CH4O.Eu/c3*21-19(22)20(16-10-4-1-5-11-16,17-12-6-2-7-13-17)18-14-8-3-9-15-18;6*1-2;/h3*1-15H,(H,21,22);6*2H,1H3;/q;;;;;;;;;+3/p-3. The molecule has 0 atom stereocenters. The number of benzene rings is 9. The summed E-state index contributed by atoms with van der Waals surface area (Å²) in [6.45, 7) is 0. The van der Waals surface area contributed by atoms with Crippen molar-refractivity contribution in [2.45, 2.75) is 16.2 Å². The first-order chi connectivity index (χ1) is 38.3. The van der Waals surface area contributed by atoms with Gasteiger partial charge in [-0.1, -0.05) is 273 Å². The topological polar surface area (TPSA) is 242 Å². The maximum atomic E-state index is 12.3. The van der Waals surface area contributed by atoms with Gasteiger partial charge in [0.1, 0.15) is 0 Å². The van der Waals surface area contributed by atoms with E-state index in [-0.39, 0.29) is 49.4 Å². The average Bonchev–Trinajstić information content (AvgIpc) is 3.59. The van der Waals surface area contributed by atoms with Crippen molar-refractivity contribution >= 4 is 17.9 Å². The van der Waals surface area contributed by atoms with E-state index in [9.17, 15) is 29.7 Å². The van der Waals surface area contributed by atoms with Crippen molar-refractivity contribution in [2.24, 2.45) is 0 Å². The normalized spacial score (nSPS) is 9.72. The molecule has 0 heterocycles. The first-order valence-corrected chi connectivity index (χ1v) is 24.1. The van der Waals surface area contributed by atoms with Gasteiger partial charge in [-0.25, -0.2) is 0 Å². The minimum Gasteiger partial charge on any atom is -0.548 e. The number of carboxylic acid groups (broad SMARTS) is 3. The Morgan fingerprint density at radius 3 is 0.354 bits per heavy atom. The van der Waals surface area contributed by atoms with Crippen LogP contribution in [0, 0.1) is 49.4 Å². The molecule has 13 heteroatoms. The fourth-order valence-corrected chi connectivity index (χ4v) is 8.75. The van der Waals surface area contributed by atoms with Crippen LogP contribution in [0.15, 0.2) is 273 Å². The minimum absolute atomic E-state index is 0. The van der Waals surface area contributed by atoms with Gasteiger partial charge in [0.05, 0.1) is 34.2 Å². The van der Waals surface area contributed by atoms with Crippen LogP contribution >= 0.6 is 0 Å². The summed E-state index contributed by atoms with van der Waals surface area (Å²) in [5.74, 6) is -3.39. The molecule has 0 aliphatic rings. The van der Waals surface area contributed by atoms with Gasteiger partial charge in [0.15, 0.2) is 0 Å². The molecular weight excluding hydrogens is 1140 g/mol. The zero-order chi connectivity index (χ0) is 58.2. The van der Waals surface area contributed by atoms with Gasteiger partial charge >= 0.3 is 49.4 Å². The van der Waals surface area contributed by atoms with Crippen LogP contribution < -0.4 is 15.3 Å². The van der Waals surface area contributed by atoms with Crippen LogP contribution in [0.4, 0.5) is 0 Å². The van der Waals surface area contributed by atoms with Crippen molar-refractivity contribution in [3.63, 3.8) is 0 Å². The molecule has 79 heavy (non-hydrogen) atoms. The van der Waals surface area contributed by atoms with Crippen molar-refractivity contribution in [2.75, 3.05) is 42.7 Å². The summed E-state index contributed by atoms with van der Waals surface area (Å²) in [5.41, 5.74) is 2.24. The van der Waals surface area contributed by atoms with Crippen LogP contribution in [0.5, 0.6) is 0 Å². The maximum Gasteiger partial charge on any atom is 3.00 e. The zero-order valence-electron chi connectivity index (χ0n) is 45.0. The Kier molecular flexibility index (Phi) is 37.1. The predicted molar refractivity (Wildman–Crippen MR) is 302 cm³/mol. The number of carbonyl (C=O) groups excluding carboxylic acids is 3. The summed E-state index contributed by atoms with van der Waals surface area (Å²) >= 11 is 0. The molecule has 6 N–H and O–H groups in total. The van der Waals surface area contributed by atoms with Gasteiger partial charge in [-0.05, 0) is 50.1 Å². The molecule has 9 aromatic rings. The number of hydrogen-bond acceptors (Lipinski definition) is 12. The van der Waals surface area contributed by atoms with Crippen molar-refractivity contribution < 1.29 is 110 Å². The summed E-state index contributed by atoms with van der Waals surface area (Å²) in [5, 5.41) is 78.9. The molecule has 0 saturated heterocycles. The van der Waals surface area contributed by atoms with E-state index in [1.165, 1.54) is 0 Å². The van der Waals surface area contributed by atoms with Gasteiger partial charge in [-0.3, -0.25) is 0 Å². The zero-order valence-corrected chi connectivity index (χ0v) is 47.4. The number of aliphatic hydroxyl groups is 6. The molecule has 0 fully saturated rings. The SMILES string of the molecule is CO.CO.CO.CO.CO.CO.O=C([O-])C(c1ccccc1)(c1ccccc1)c1ccccc1.O=C([O-])C(c1ccccc1)(c1ccccc1)c1ccccc1.O=C([O-])C(c1ccccc1)(c1ccccc1)c1ccccc1.[Eu+3]. The Morgan fingerprint density at radius 1 is 0.215 bits per heavy atom. The van der Waals surface area contributed by atoms with Crippen LogP contribution in [-0.2, 0) is 30.6 Å². The van der Waals surface area contributed by atoms with E-state index in [0.29, 0.717) is 50.1 Å². The molecule has 0 spiro atoms. The monoisotopic (exact) mass is 1210 g/mol. The second kappa shape index (κ2) is 40.9. The van der Waals surface area contributed by atoms with Crippen LogP contribution in [0.3, 0.4) is 0 Å². The molecule has 0 unspecified atom stereocenters. The van der Waals surface area contributed by atoms with E-state index in [4.69, 9.17) is 30.6 Å². The van der Waals surface area contributed by atoms with E-state index in [1.54, 1.807) is 0 Å². The number of rotatable bonds is 12. The molecule has 0 aliphatic carbocycles. The van der Waals surface area contributed by atoms with Crippen molar-refractivity contribution in [3.8, 4) is 0 Å². The van der Waals surface area contributed by atoms with Gasteiger partial charge in [0.25, 0.3) is 0 Å². The molecule has 0 radical (unpaired) electrons. The maximum absolute atomic E-state index is 12.3. The second-order valence-electron chi connectivity index (χ2n) is 15.4. The Bertz CT molecular complexity index is 2310.